The van der Waals surface area contributed by atoms with Crippen LogP contribution < -0.4 is 5.73 Å². The summed E-state index contributed by atoms with van der Waals surface area (Å²) in [5.74, 6) is 0. The van der Waals surface area contributed by atoms with E-state index >= 15 is 0 Å². The third-order valence-electron chi connectivity index (χ3n) is 3.08. The molecule has 17 heavy (non-hydrogen) atoms. The van der Waals surface area contributed by atoms with Crippen LogP contribution in [0.25, 0.3) is 0 Å². The topological polar surface area (TPSA) is 72.6 Å². The highest BCUT2D eigenvalue weighted by Crippen LogP contribution is 2.21. The summed E-state index contributed by atoms with van der Waals surface area (Å²) in [6.45, 7) is 5.96. The van der Waals surface area contributed by atoms with E-state index < -0.39 is 10.0 Å². The molecular formula is C11H24N2O3S. The van der Waals surface area contributed by atoms with Crippen molar-refractivity contribution in [3.63, 3.8) is 0 Å². The largest absolute Gasteiger partial charge is 0.381 e. The quantitative estimate of drug-likeness (QED) is 0.760. The minimum Gasteiger partial charge on any atom is -0.381 e. The molecule has 0 saturated carbocycles. The lowest BCUT2D eigenvalue weighted by Gasteiger charge is -2.32. The van der Waals surface area contributed by atoms with Crippen LogP contribution in [0.3, 0.4) is 0 Å². The number of hydrogen-bond acceptors (Lipinski definition) is 4. The summed E-state index contributed by atoms with van der Waals surface area (Å²) in [6.07, 6.45) is 1.92. The average Bonchev–Trinajstić information content (AvgIpc) is 2.30. The zero-order valence-electron chi connectivity index (χ0n) is 10.8. The van der Waals surface area contributed by atoms with Crippen molar-refractivity contribution in [3.8, 4) is 0 Å². The lowest BCUT2D eigenvalue weighted by atomic mass is 10.2. The molecule has 1 aliphatic rings. The Morgan fingerprint density at radius 3 is 2.41 bits per heavy atom. The van der Waals surface area contributed by atoms with Gasteiger partial charge in [0.05, 0.1) is 5.25 Å². The fourth-order valence-corrected chi connectivity index (χ4v) is 4.23. The van der Waals surface area contributed by atoms with E-state index in [1.807, 2.05) is 13.8 Å². The van der Waals surface area contributed by atoms with Crippen molar-refractivity contribution < 1.29 is 13.2 Å². The van der Waals surface area contributed by atoms with Crippen molar-refractivity contribution in [2.24, 2.45) is 5.73 Å². The van der Waals surface area contributed by atoms with E-state index in [1.165, 1.54) is 0 Å². The fraction of sp³-hybridized carbons (Fsp3) is 1.00. The highest BCUT2D eigenvalue weighted by molar-refractivity contribution is 7.89. The number of hydrogen-bond donors (Lipinski definition) is 1. The Bertz CT molecular complexity index is 311. The van der Waals surface area contributed by atoms with Crippen LogP contribution in [0.15, 0.2) is 0 Å². The van der Waals surface area contributed by atoms with Crippen LogP contribution in [0.2, 0.25) is 0 Å². The van der Waals surface area contributed by atoms with Gasteiger partial charge < -0.3 is 10.5 Å². The average molecular weight is 264 g/mol. The zero-order chi connectivity index (χ0) is 12.9. The maximum Gasteiger partial charge on any atom is 0.217 e. The summed E-state index contributed by atoms with van der Waals surface area (Å²) in [7, 11) is -3.20. The van der Waals surface area contributed by atoms with Gasteiger partial charge in [-0.2, -0.15) is 4.31 Å². The summed E-state index contributed by atoms with van der Waals surface area (Å²) in [6, 6.07) is -0.00519. The molecular weight excluding hydrogens is 240 g/mol. The van der Waals surface area contributed by atoms with Gasteiger partial charge in [0.15, 0.2) is 0 Å². The molecule has 1 saturated heterocycles. The number of ether oxygens (including phenoxy) is 1. The van der Waals surface area contributed by atoms with E-state index in [-0.39, 0.29) is 11.3 Å². The maximum atomic E-state index is 12.5. The molecule has 2 N–H and O–H groups in total. The number of nitrogens with zero attached hydrogens (tertiary/aromatic N) is 1. The molecule has 0 atom stereocenters. The molecule has 0 unspecified atom stereocenters. The predicted molar refractivity (Wildman–Crippen MR) is 68.3 cm³/mol. The Morgan fingerprint density at radius 2 is 1.94 bits per heavy atom. The molecule has 5 nitrogen and oxygen atoms in total. The van der Waals surface area contributed by atoms with Crippen molar-refractivity contribution in [2.75, 3.05) is 26.3 Å². The van der Waals surface area contributed by atoms with Crippen LogP contribution in [0.5, 0.6) is 0 Å². The summed E-state index contributed by atoms with van der Waals surface area (Å²) in [5.41, 5.74) is 5.46. The van der Waals surface area contributed by atoms with E-state index in [2.05, 4.69) is 0 Å². The third kappa shape index (κ3) is 3.91. The van der Waals surface area contributed by atoms with Crippen LogP contribution in [0.4, 0.5) is 0 Å². The van der Waals surface area contributed by atoms with Crippen LogP contribution in [-0.4, -0.2) is 50.3 Å². The number of sulfonamides is 1. The second-order valence-corrected chi connectivity index (χ2v) is 6.87. The summed E-state index contributed by atoms with van der Waals surface area (Å²) in [5, 5.41) is -0.281. The van der Waals surface area contributed by atoms with Crippen molar-refractivity contribution in [3.05, 3.63) is 0 Å². The minimum atomic E-state index is -3.20. The second-order valence-electron chi connectivity index (χ2n) is 4.70. The summed E-state index contributed by atoms with van der Waals surface area (Å²) >= 11 is 0. The Morgan fingerprint density at radius 1 is 1.35 bits per heavy atom. The summed E-state index contributed by atoms with van der Waals surface area (Å²) in [4.78, 5) is 0. The van der Waals surface area contributed by atoms with E-state index in [4.69, 9.17) is 10.5 Å². The van der Waals surface area contributed by atoms with E-state index in [0.717, 1.165) is 0 Å². The van der Waals surface area contributed by atoms with Gasteiger partial charge >= 0.3 is 0 Å². The first-order chi connectivity index (χ1) is 8.00. The molecule has 1 fully saturated rings. The van der Waals surface area contributed by atoms with Crippen LogP contribution >= 0.6 is 0 Å². The zero-order valence-corrected chi connectivity index (χ0v) is 11.6. The molecule has 102 valence electrons. The van der Waals surface area contributed by atoms with Gasteiger partial charge in [-0.05, 0) is 39.7 Å². The van der Waals surface area contributed by atoms with Gasteiger partial charge in [-0.3, -0.25) is 0 Å². The highest BCUT2D eigenvalue weighted by Gasteiger charge is 2.34. The normalized spacial score (nSPS) is 19.1. The first-order valence-corrected chi connectivity index (χ1v) is 7.79. The van der Waals surface area contributed by atoms with Crippen molar-refractivity contribution in [2.45, 2.75) is 44.4 Å². The standard InChI is InChI=1S/C11H24N2O3S/c1-10(2)13(7-3-6-12)17(14,15)11-4-8-16-9-5-11/h10-11H,3-9,12H2,1-2H3. The van der Waals surface area contributed by atoms with Gasteiger partial charge in [0.1, 0.15) is 0 Å². The lowest BCUT2D eigenvalue weighted by Crippen LogP contribution is -2.45. The van der Waals surface area contributed by atoms with Crippen molar-refractivity contribution in [1.29, 1.82) is 0 Å². The molecule has 0 aromatic heterocycles. The van der Waals surface area contributed by atoms with E-state index in [9.17, 15) is 8.42 Å². The van der Waals surface area contributed by atoms with Crippen LogP contribution in [0.1, 0.15) is 33.1 Å². The van der Waals surface area contributed by atoms with Crippen LogP contribution in [0, 0.1) is 0 Å². The van der Waals surface area contributed by atoms with Gasteiger partial charge in [-0.25, -0.2) is 8.42 Å². The van der Waals surface area contributed by atoms with Gasteiger partial charge in [-0.15, -0.1) is 0 Å². The van der Waals surface area contributed by atoms with Gasteiger partial charge in [0.25, 0.3) is 0 Å². The van der Waals surface area contributed by atoms with E-state index in [0.29, 0.717) is 45.6 Å². The van der Waals surface area contributed by atoms with Crippen molar-refractivity contribution >= 4 is 10.0 Å². The Labute approximate surface area is 104 Å². The predicted octanol–water partition coefficient (Wildman–Crippen LogP) is 0.554. The van der Waals surface area contributed by atoms with Crippen LogP contribution in [-0.2, 0) is 14.8 Å². The monoisotopic (exact) mass is 264 g/mol. The smallest absolute Gasteiger partial charge is 0.217 e. The molecule has 1 aliphatic heterocycles. The molecule has 0 aromatic rings. The summed E-state index contributed by atoms with van der Waals surface area (Å²) < 4.78 is 31.7. The van der Waals surface area contributed by atoms with Gasteiger partial charge in [-0.1, -0.05) is 0 Å². The Hall–Kier alpha value is -0.170. The molecule has 0 bridgehead atoms. The SMILES string of the molecule is CC(C)N(CCCN)S(=O)(=O)C1CCOCC1. The first kappa shape index (κ1) is 14.9. The van der Waals surface area contributed by atoms with Gasteiger partial charge in [0.2, 0.25) is 10.0 Å². The second kappa shape index (κ2) is 6.68. The van der Waals surface area contributed by atoms with Crippen molar-refractivity contribution in [1.82, 2.24) is 4.31 Å². The number of rotatable bonds is 6. The fourth-order valence-electron chi connectivity index (χ4n) is 2.09. The molecule has 0 aromatic carbocycles. The molecule has 0 aliphatic carbocycles. The van der Waals surface area contributed by atoms with E-state index in [1.54, 1.807) is 4.31 Å². The lowest BCUT2D eigenvalue weighted by molar-refractivity contribution is 0.0969. The molecule has 1 heterocycles. The minimum absolute atomic E-state index is 0.00519. The molecule has 6 heteroatoms. The molecule has 0 radical (unpaired) electrons. The Kier molecular flexibility index (Phi) is 5.85. The van der Waals surface area contributed by atoms with Gasteiger partial charge in [0, 0.05) is 25.8 Å². The first-order valence-electron chi connectivity index (χ1n) is 6.28. The molecule has 0 amide bonds. The molecule has 1 rings (SSSR count). The Balaban J connectivity index is 2.75. The highest BCUT2D eigenvalue weighted by atomic mass is 32.2. The maximum absolute atomic E-state index is 12.5. The third-order valence-corrected chi connectivity index (χ3v) is 5.65. The molecule has 0 spiro atoms. The number of nitrogens with two attached hydrogens (primary N) is 1.